The smallest absolute Gasteiger partial charge is 0.313 e. The molecule has 0 bridgehead atoms. The lowest BCUT2D eigenvalue weighted by atomic mass is 10.1. The molecular formula is C18H20O4S2. The highest BCUT2D eigenvalue weighted by atomic mass is 32.2. The van der Waals surface area contributed by atoms with Crippen molar-refractivity contribution >= 4 is 29.5 Å². The van der Waals surface area contributed by atoms with Gasteiger partial charge in [-0.25, -0.2) is 0 Å². The van der Waals surface area contributed by atoms with Crippen molar-refractivity contribution in [1.82, 2.24) is 0 Å². The summed E-state index contributed by atoms with van der Waals surface area (Å²) in [6, 6.07) is 17.4. The largest absolute Gasteiger partial charge is 0.497 e. The SMILES string of the molecule is COc1cccc(S[C@H](c2ccccc2)C(O)CSCC(=O)O)c1. The fourth-order valence-electron chi connectivity index (χ4n) is 2.19. The van der Waals surface area contributed by atoms with Crippen LogP contribution in [-0.2, 0) is 4.79 Å². The molecule has 0 aliphatic rings. The van der Waals surface area contributed by atoms with E-state index in [-0.39, 0.29) is 11.0 Å². The maximum atomic E-state index is 10.7. The fourth-order valence-corrected chi connectivity index (χ4v) is 4.22. The summed E-state index contributed by atoms with van der Waals surface area (Å²) in [5.74, 6) is 0.246. The van der Waals surface area contributed by atoms with Gasteiger partial charge in [0.2, 0.25) is 0 Å². The molecule has 2 atom stereocenters. The van der Waals surface area contributed by atoms with E-state index in [1.54, 1.807) is 18.9 Å². The molecule has 0 fully saturated rings. The maximum absolute atomic E-state index is 10.7. The Kier molecular flexibility index (Phi) is 7.49. The van der Waals surface area contributed by atoms with Gasteiger partial charge < -0.3 is 14.9 Å². The molecule has 4 nitrogen and oxygen atoms in total. The number of carbonyl (C=O) groups is 1. The third-order valence-electron chi connectivity index (χ3n) is 3.30. The Morgan fingerprint density at radius 1 is 1.17 bits per heavy atom. The number of methoxy groups -OCH3 is 1. The number of hydrogen-bond donors (Lipinski definition) is 2. The maximum Gasteiger partial charge on any atom is 0.313 e. The molecule has 2 rings (SSSR count). The molecule has 0 spiro atoms. The average molecular weight is 364 g/mol. The first-order valence-corrected chi connectivity index (χ1v) is 9.47. The second-order valence-corrected chi connectivity index (χ2v) is 7.35. The van der Waals surface area contributed by atoms with Gasteiger partial charge in [-0.15, -0.1) is 23.5 Å². The normalized spacial score (nSPS) is 13.2. The Hall–Kier alpha value is -1.63. The van der Waals surface area contributed by atoms with Crippen LogP contribution >= 0.6 is 23.5 Å². The van der Waals surface area contributed by atoms with Gasteiger partial charge in [0.15, 0.2) is 0 Å². The number of thioether (sulfide) groups is 2. The summed E-state index contributed by atoms with van der Waals surface area (Å²) in [5.41, 5.74) is 1.01. The lowest BCUT2D eigenvalue weighted by Crippen LogP contribution is -2.19. The highest BCUT2D eigenvalue weighted by Crippen LogP contribution is 2.39. The predicted molar refractivity (Wildman–Crippen MR) is 99.0 cm³/mol. The highest BCUT2D eigenvalue weighted by Gasteiger charge is 2.23. The van der Waals surface area contributed by atoms with Gasteiger partial charge in [-0.05, 0) is 23.8 Å². The van der Waals surface area contributed by atoms with E-state index in [0.717, 1.165) is 16.2 Å². The van der Waals surface area contributed by atoms with Crippen molar-refractivity contribution in [2.45, 2.75) is 16.2 Å². The standard InChI is InChI=1S/C18H20O4S2/c1-22-14-8-5-9-15(10-14)24-18(13-6-3-2-4-7-13)16(19)11-23-12-17(20)21/h2-10,16,18-19H,11-12H2,1H3,(H,20,21)/t16?,18-/m1/s1. The van der Waals surface area contributed by atoms with Crippen molar-refractivity contribution in [1.29, 1.82) is 0 Å². The summed E-state index contributed by atoms with van der Waals surface area (Å²) in [4.78, 5) is 11.7. The molecule has 0 saturated heterocycles. The summed E-state index contributed by atoms with van der Waals surface area (Å²) in [6.45, 7) is 0. The predicted octanol–water partition coefficient (Wildman–Crippen LogP) is 3.71. The van der Waals surface area contributed by atoms with Crippen molar-refractivity contribution in [3.63, 3.8) is 0 Å². The van der Waals surface area contributed by atoms with Crippen LogP contribution in [0.3, 0.4) is 0 Å². The zero-order valence-corrected chi connectivity index (χ0v) is 14.9. The molecule has 24 heavy (non-hydrogen) atoms. The fraction of sp³-hybridized carbons (Fsp3) is 0.278. The Morgan fingerprint density at radius 3 is 2.58 bits per heavy atom. The monoisotopic (exact) mass is 364 g/mol. The molecule has 0 aliphatic heterocycles. The number of hydrogen-bond acceptors (Lipinski definition) is 5. The molecule has 2 aromatic rings. The van der Waals surface area contributed by atoms with Crippen LogP contribution < -0.4 is 4.74 Å². The van der Waals surface area contributed by atoms with Gasteiger partial charge in [0.05, 0.1) is 24.2 Å². The Balaban J connectivity index is 2.14. The molecule has 0 saturated carbocycles. The third-order valence-corrected chi connectivity index (χ3v) is 5.69. The zero-order chi connectivity index (χ0) is 17.4. The van der Waals surface area contributed by atoms with Crippen LogP contribution in [0.15, 0.2) is 59.5 Å². The number of ether oxygens (including phenoxy) is 1. The van der Waals surface area contributed by atoms with Crippen molar-refractivity contribution in [3.05, 3.63) is 60.2 Å². The zero-order valence-electron chi connectivity index (χ0n) is 13.3. The number of carboxylic acids is 1. The van der Waals surface area contributed by atoms with Gasteiger partial charge in [0.25, 0.3) is 0 Å². The molecule has 2 N–H and O–H groups in total. The van der Waals surface area contributed by atoms with Crippen molar-refractivity contribution in [3.8, 4) is 5.75 Å². The minimum atomic E-state index is -0.871. The first-order chi connectivity index (χ1) is 11.6. The molecule has 0 aliphatic carbocycles. The summed E-state index contributed by atoms with van der Waals surface area (Å²) in [6.07, 6.45) is -0.659. The van der Waals surface area contributed by atoms with Crippen LogP contribution in [0.5, 0.6) is 5.75 Å². The number of aliphatic hydroxyl groups is 1. The van der Waals surface area contributed by atoms with E-state index >= 15 is 0 Å². The van der Waals surface area contributed by atoms with Crippen LogP contribution in [0.1, 0.15) is 10.8 Å². The summed E-state index contributed by atoms with van der Waals surface area (Å²) in [5, 5.41) is 19.2. The number of aliphatic carboxylic acids is 1. The second-order valence-electron chi connectivity index (χ2n) is 5.10. The van der Waals surface area contributed by atoms with Gasteiger partial charge in [-0.3, -0.25) is 4.79 Å². The summed E-state index contributed by atoms with van der Waals surface area (Å²) >= 11 is 2.77. The Bertz CT molecular complexity index is 648. The van der Waals surface area contributed by atoms with E-state index in [0.29, 0.717) is 5.75 Å². The van der Waals surface area contributed by atoms with Crippen LogP contribution in [0.25, 0.3) is 0 Å². The van der Waals surface area contributed by atoms with E-state index in [9.17, 15) is 9.90 Å². The molecule has 6 heteroatoms. The molecular weight excluding hydrogens is 344 g/mol. The first-order valence-electron chi connectivity index (χ1n) is 7.43. The van der Waals surface area contributed by atoms with Crippen molar-refractivity contribution < 1.29 is 19.7 Å². The van der Waals surface area contributed by atoms with E-state index in [2.05, 4.69) is 0 Å². The average Bonchev–Trinajstić information content (AvgIpc) is 2.60. The quantitative estimate of drug-likeness (QED) is 0.661. The lowest BCUT2D eigenvalue weighted by Gasteiger charge is -2.23. The molecule has 0 amide bonds. The van der Waals surface area contributed by atoms with Gasteiger partial charge in [0, 0.05) is 10.6 Å². The molecule has 2 aromatic carbocycles. The van der Waals surface area contributed by atoms with E-state index in [1.807, 2.05) is 54.6 Å². The second kappa shape index (κ2) is 9.61. The van der Waals surface area contributed by atoms with Crippen LogP contribution in [0.2, 0.25) is 0 Å². The van der Waals surface area contributed by atoms with Gasteiger partial charge >= 0.3 is 5.97 Å². The summed E-state index contributed by atoms with van der Waals surface area (Å²) < 4.78 is 5.25. The van der Waals surface area contributed by atoms with Crippen LogP contribution in [-0.4, -0.2) is 40.9 Å². The Morgan fingerprint density at radius 2 is 1.92 bits per heavy atom. The Labute approximate surface area is 150 Å². The molecule has 0 heterocycles. The molecule has 0 aromatic heterocycles. The number of aliphatic hydroxyl groups excluding tert-OH is 1. The van der Waals surface area contributed by atoms with E-state index in [1.165, 1.54) is 11.8 Å². The summed E-state index contributed by atoms with van der Waals surface area (Å²) in [7, 11) is 1.62. The number of rotatable bonds is 9. The topological polar surface area (TPSA) is 66.8 Å². The number of benzene rings is 2. The van der Waals surface area contributed by atoms with E-state index < -0.39 is 12.1 Å². The highest BCUT2D eigenvalue weighted by molar-refractivity contribution is 8.00. The molecule has 128 valence electrons. The van der Waals surface area contributed by atoms with Crippen LogP contribution in [0, 0.1) is 0 Å². The first kappa shape index (κ1) is 18.7. The van der Waals surface area contributed by atoms with Crippen LogP contribution in [0.4, 0.5) is 0 Å². The van der Waals surface area contributed by atoms with Gasteiger partial charge in [0.1, 0.15) is 5.75 Å². The van der Waals surface area contributed by atoms with Gasteiger partial charge in [-0.2, -0.15) is 0 Å². The lowest BCUT2D eigenvalue weighted by molar-refractivity contribution is -0.133. The van der Waals surface area contributed by atoms with E-state index in [4.69, 9.17) is 9.84 Å². The minimum absolute atomic E-state index is 0.0115. The minimum Gasteiger partial charge on any atom is -0.497 e. The van der Waals surface area contributed by atoms with Gasteiger partial charge in [-0.1, -0.05) is 36.4 Å². The molecule has 1 unspecified atom stereocenters. The number of carboxylic acid groups (broad SMARTS) is 1. The third kappa shape index (κ3) is 5.78. The van der Waals surface area contributed by atoms with Crippen molar-refractivity contribution in [2.24, 2.45) is 0 Å². The molecule has 0 radical (unpaired) electrons. The van der Waals surface area contributed by atoms with Crippen molar-refractivity contribution in [2.75, 3.05) is 18.6 Å².